The Morgan fingerprint density at radius 1 is 0.769 bits per heavy atom. The van der Waals surface area contributed by atoms with Crippen LogP contribution in [0.15, 0.2) is 91.3 Å². The minimum absolute atomic E-state index is 0.914. The number of hydrogen-bond donors (Lipinski definition) is 1. The second-order valence-electron chi connectivity index (χ2n) is 5.92. The van der Waals surface area contributed by atoms with Crippen LogP contribution >= 0.6 is 0 Å². The average molecular weight is 335 g/mol. The number of hydrogen-bond acceptors (Lipinski definition) is 3. The summed E-state index contributed by atoms with van der Waals surface area (Å²) in [6.07, 6.45) is 6.76. The Kier molecular flexibility index (Phi) is 4.35. The van der Waals surface area contributed by atoms with E-state index >= 15 is 0 Å². The van der Waals surface area contributed by atoms with Crippen molar-refractivity contribution in [2.45, 2.75) is 0 Å². The molecule has 3 heteroatoms. The Labute approximate surface area is 152 Å². The zero-order valence-electron chi connectivity index (χ0n) is 14.1. The summed E-state index contributed by atoms with van der Waals surface area (Å²) in [5.74, 6) is 0. The zero-order valence-corrected chi connectivity index (χ0v) is 14.1. The Hall–Kier alpha value is -3.59. The van der Waals surface area contributed by atoms with Crippen molar-refractivity contribution in [3.63, 3.8) is 0 Å². The first-order valence-corrected chi connectivity index (χ1v) is 8.43. The van der Waals surface area contributed by atoms with Gasteiger partial charge >= 0.3 is 0 Å². The predicted molar refractivity (Wildman–Crippen MR) is 107 cm³/mol. The fourth-order valence-corrected chi connectivity index (χ4v) is 3.12. The van der Waals surface area contributed by atoms with Crippen LogP contribution in [0.1, 0.15) is 11.1 Å². The summed E-state index contributed by atoms with van der Waals surface area (Å²) in [6, 6.07) is 24.3. The van der Waals surface area contributed by atoms with Crippen molar-refractivity contribution in [2.75, 3.05) is 0 Å². The highest BCUT2D eigenvalue weighted by molar-refractivity contribution is 5.97. The maximum absolute atomic E-state index is 7.52. The van der Waals surface area contributed by atoms with Crippen LogP contribution in [0.2, 0.25) is 0 Å². The third-order valence-electron chi connectivity index (χ3n) is 4.33. The van der Waals surface area contributed by atoms with Gasteiger partial charge in [0, 0.05) is 29.6 Å². The molecule has 3 nitrogen and oxygen atoms in total. The molecule has 0 atom stereocenters. The smallest absolute Gasteiger partial charge is 0.0714 e. The first-order valence-electron chi connectivity index (χ1n) is 8.43. The molecule has 0 radical (unpaired) electrons. The monoisotopic (exact) mass is 335 g/mol. The van der Waals surface area contributed by atoms with Crippen molar-refractivity contribution in [1.29, 1.82) is 5.41 Å². The molecule has 0 aliphatic rings. The number of nitrogens with one attached hydrogen (secondary N) is 1. The van der Waals surface area contributed by atoms with E-state index in [0.29, 0.717) is 0 Å². The van der Waals surface area contributed by atoms with Crippen LogP contribution in [0, 0.1) is 5.41 Å². The third kappa shape index (κ3) is 3.03. The molecule has 2 aromatic heterocycles. The van der Waals surface area contributed by atoms with Crippen molar-refractivity contribution in [1.82, 2.24) is 9.97 Å². The van der Waals surface area contributed by atoms with Crippen LogP contribution < -0.4 is 0 Å². The molecule has 0 saturated heterocycles. The molecule has 1 N–H and O–H groups in total. The maximum Gasteiger partial charge on any atom is 0.0714 e. The quantitative estimate of drug-likeness (QED) is 0.509. The van der Waals surface area contributed by atoms with Crippen molar-refractivity contribution < 1.29 is 0 Å². The van der Waals surface area contributed by atoms with E-state index in [-0.39, 0.29) is 0 Å². The first kappa shape index (κ1) is 15.9. The Balaban J connectivity index is 1.86. The van der Waals surface area contributed by atoms with Crippen LogP contribution in [0.4, 0.5) is 0 Å². The van der Waals surface area contributed by atoms with E-state index in [4.69, 9.17) is 5.41 Å². The molecule has 0 aliphatic carbocycles. The standard InChI is InChI=1S/C23H17N3/c24-13-11-19(17-6-2-1-3-7-17)18-9-10-20-21(12-15-26-23(20)16-18)22-8-4-5-14-25-22/h1-16,24H/b19-11-,24-13?. The molecule has 0 aliphatic heterocycles. The number of fused-ring (bicyclic) bond motifs is 1. The van der Waals surface area contributed by atoms with Crippen molar-refractivity contribution in [3.05, 3.63) is 102 Å². The number of aromatic nitrogens is 2. The molecule has 0 spiro atoms. The Bertz CT molecular complexity index is 1080. The number of pyridine rings is 2. The third-order valence-corrected chi connectivity index (χ3v) is 4.33. The molecule has 2 aromatic carbocycles. The normalized spacial score (nSPS) is 11.5. The maximum atomic E-state index is 7.52. The van der Waals surface area contributed by atoms with Gasteiger partial charge in [-0.15, -0.1) is 0 Å². The van der Waals surface area contributed by atoms with Gasteiger partial charge in [0.25, 0.3) is 0 Å². The molecule has 0 bridgehead atoms. The highest BCUT2D eigenvalue weighted by Crippen LogP contribution is 2.30. The van der Waals surface area contributed by atoms with E-state index in [1.165, 1.54) is 6.21 Å². The molecular formula is C23H17N3. The Morgan fingerprint density at radius 3 is 2.38 bits per heavy atom. The largest absolute Gasteiger partial charge is 0.309 e. The molecule has 0 unspecified atom stereocenters. The number of allylic oxidation sites excluding steroid dienone is 1. The van der Waals surface area contributed by atoms with E-state index in [2.05, 4.69) is 40.3 Å². The summed E-state index contributed by atoms with van der Waals surface area (Å²) in [5, 5.41) is 8.58. The summed E-state index contributed by atoms with van der Waals surface area (Å²) in [6.45, 7) is 0. The van der Waals surface area contributed by atoms with Gasteiger partial charge in [0.1, 0.15) is 0 Å². The lowest BCUT2D eigenvalue weighted by molar-refractivity contribution is 1.32. The fourth-order valence-electron chi connectivity index (χ4n) is 3.12. The summed E-state index contributed by atoms with van der Waals surface area (Å²) < 4.78 is 0. The fraction of sp³-hybridized carbons (Fsp3) is 0. The lowest BCUT2D eigenvalue weighted by atomic mass is 9.95. The van der Waals surface area contributed by atoms with Crippen molar-refractivity contribution in [2.24, 2.45) is 0 Å². The predicted octanol–water partition coefficient (Wildman–Crippen LogP) is 5.38. The van der Waals surface area contributed by atoms with Crippen molar-refractivity contribution >= 4 is 22.7 Å². The number of rotatable bonds is 4. The number of benzene rings is 2. The summed E-state index contributed by atoms with van der Waals surface area (Å²) in [4.78, 5) is 9.02. The van der Waals surface area contributed by atoms with Crippen molar-refractivity contribution in [3.8, 4) is 11.3 Å². The first-order chi connectivity index (χ1) is 12.9. The highest BCUT2D eigenvalue weighted by atomic mass is 14.7. The van der Waals surface area contributed by atoms with Gasteiger partial charge in [-0.2, -0.15) is 0 Å². The summed E-state index contributed by atoms with van der Waals surface area (Å²) in [7, 11) is 0. The van der Waals surface area contributed by atoms with Gasteiger partial charge in [0.05, 0.1) is 11.2 Å². The molecule has 4 aromatic rings. The molecule has 0 saturated carbocycles. The minimum Gasteiger partial charge on any atom is -0.309 e. The van der Waals surface area contributed by atoms with Gasteiger partial charge in [-0.25, -0.2) is 0 Å². The average Bonchev–Trinajstić information content (AvgIpc) is 2.72. The zero-order chi connectivity index (χ0) is 17.8. The van der Waals surface area contributed by atoms with Gasteiger partial charge in [0.15, 0.2) is 0 Å². The molecule has 4 rings (SSSR count). The lowest BCUT2D eigenvalue weighted by Crippen LogP contribution is -1.91. The number of nitrogens with zero attached hydrogens (tertiary/aromatic N) is 2. The summed E-state index contributed by atoms with van der Waals surface area (Å²) >= 11 is 0. The molecular weight excluding hydrogens is 318 g/mol. The van der Waals surface area contributed by atoms with Gasteiger partial charge in [0.2, 0.25) is 0 Å². The molecule has 0 fully saturated rings. The van der Waals surface area contributed by atoms with Gasteiger partial charge in [-0.05, 0) is 47.0 Å². The minimum atomic E-state index is 0.914. The van der Waals surface area contributed by atoms with E-state index < -0.39 is 0 Å². The van der Waals surface area contributed by atoms with E-state index in [9.17, 15) is 0 Å². The van der Waals surface area contributed by atoms with Gasteiger partial charge in [-0.1, -0.05) is 48.5 Å². The van der Waals surface area contributed by atoms with Gasteiger partial charge in [-0.3, -0.25) is 9.97 Å². The van der Waals surface area contributed by atoms with Crippen LogP contribution in [0.5, 0.6) is 0 Å². The summed E-state index contributed by atoms with van der Waals surface area (Å²) in [5.41, 5.74) is 6.05. The van der Waals surface area contributed by atoms with E-state index in [1.54, 1.807) is 6.20 Å². The second kappa shape index (κ2) is 7.11. The highest BCUT2D eigenvalue weighted by Gasteiger charge is 2.09. The Morgan fingerprint density at radius 2 is 1.62 bits per heavy atom. The molecule has 26 heavy (non-hydrogen) atoms. The molecule has 124 valence electrons. The molecule has 2 heterocycles. The van der Waals surface area contributed by atoms with Crippen LogP contribution in [0.25, 0.3) is 27.7 Å². The van der Waals surface area contributed by atoms with Crippen LogP contribution in [0.3, 0.4) is 0 Å². The topological polar surface area (TPSA) is 49.6 Å². The van der Waals surface area contributed by atoms with Gasteiger partial charge < -0.3 is 5.41 Å². The van der Waals surface area contributed by atoms with Crippen LogP contribution in [-0.4, -0.2) is 16.2 Å². The molecule has 0 amide bonds. The SMILES string of the molecule is N=C/C=C(/c1ccccc1)c1ccc2c(-c3ccccn3)ccnc2c1. The second-order valence-corrected chi connectivity index (χ2v) is 5.92. The lowest BCUT2D eigenvalue weighted by Gasteiger charge is -2.10. The van der Waals surface area contributed by atoms with Crippen LogP contribution in [-0.2, 0) is 0 Å². The van der Waals surface area contributed by atoms with E-state index in [0.717, 1.165) is 38.9 Å². The van der Waals surface area contributed by atoms with E-state index in [1.807, 2.05) is 54.7 Å².